The average Bonchev–Trinajstić information content (AvgIpc) is 2.89. The molecule has 0 amide bonds. The monoisotopic (exact) mass is 321 g/mol. The van der Waals surface area contributed by atoms with E-state index in [4.69, 9.17) is 0 Å². The Morgan fingerprint density at radius 2 is 1.95 bits per heavy atom. The highest BCUT2D eigenvalue weighted by Crippen LogP contribution is 2.42. The molecule has 5 nitrogen and oxygen atoms in total. The van der Waals surface area contributed by atoms with Crippen LogP contribution in [0.25, 0.3) is 11.0 Å². The first-order valence-electron chi connectivity index (χ1n) is 6.79. The van der Waals surface area contributed by atoms with Gasteiger partial charge in [0.15, 0.2) is 5.65 Å². The second kappa shape index (κ2) is 4.16. The van der Waals surface area contributed by atoms with E-state index in [1.165, 1.54) is 25.7 Å². The van der Waals surface area contributed by atoms with E-state index in [1.54, 1.807) is 6.33 Å². The number of piperidine rings is 1. The summed E-state index contributed by atoms with van der Waals surface area (Å²) in [6.07, 6.45) is 8.53. The van der Waals surface area contributed by atoms with Crippen LogP contribution in [0.3, 0.4) is 0 Å². The Labute approximate surface area is 120 Å². The predicted octanol–water partition coefficient (Wildman–Crippen LogP) is 2.26. The van der Waals surface area contributed by atoms with Crippen LogP contribution in [0.4, 0.5) is 5.82 Å². The maximum atomic E-state index is 4.56. The molecule has 0 aliphatic carbocycles. The molecule has 2 bridgehead atoms. The van der Waals surface area contributed by atoms with Crippen molar-refractivity contribution in [1.29, 1.82) is 0 Å². The Morgan fingerprint density at radius 3 is 2.68 bits per heavy atom. The van der Waals surface area contributed by atoms with E-state index in [-0.39, 0.29) is 0 Å². The maximum absolute atomic E-state index is 4.56. The SMILES string of the molecule is Cn1ncc2c(N3C4CCC3CC(Br)C4)ncnc21. The van der Waals surface area contributed by atoms with Crippen LogP contribution in [-0.2, 0) is 7.05 Å². The molecule has 0 aromatic carbocycles. The van der Waals surface area contributed by atoms with E-state index in [0.29, 0.717) is 16.9 Å². The van der Waals surface area contributed by atoms with Crippen molar-refractivity contribution in [3.05, 3.63) is 12.5 Å². The quantitative estimate of drug-likeness (QED) is 0.756. The number of alkyl halides is 1. The second-order valence-electron chi connectivity index (χ2n) is 5.56. The van der Waals surface area contributed by atoms with Gasteiger partial charge in [-0.25, -0.2) is 9.97 Å². The van der Waals surface area contributed by atoms with Gasteiger partial charge in [-0.3, -0.25) is 4.68 Å². The summed E-state index contributed by atoms with van der Waals surface area (Å²) in [6, 6.07) is 1.22. The Balaban J connectivity index is 1.83. The van der Waals surface area contributed by atoms with Crippen LogP contribution in [0.15, 0.2) is 12.5 Å². The predicted molar refractivity (Wildman–Crippen MR) is 77.5 cm³/mol. The number of anilines is 1. The number of hydrogen-bond donors (Lipinski definition) is 0. The van der Waals surface area contributed by atoms with E-state index < -0.39 is 0 Å². The minimum atomic E-state index is 0.612. The van der Waals surface area contributed by atoms with Crippen molar-refractivity contribution >= 4 is 32.8 Å². The number of hydrogen-bond acceptors (Lipinski definition) is 4. The first-order chi connectivity index (χ1) is 9.24. The van der Waals surface area contributed by atoms with Crippen LogP contribution in [0.2, 0.25) is 0 Å². The van der Waals surface area contributed by atoms with E-state index in [0.717, 1.165) is 16.9 Å². The van der Waals surface area contributed by atoms with Crippen LogP contribution in [0, 0.1) is 0 Å². The lowest BCUT2D eigenvalue weighted by atomic mass is 10.0. The Morgan fingerprint density at radius 1 is 1.21 bits per heavy atom. The highest BCUT2D eigenvalue weighted by atomic mass is 79.9. The van der Waals surface area contributed by atoms with Gasteiger partial charge in [0.05, 0.1) is 11.6 Å². The third-order valence-electron chi connectivity index (χ3n) is 4.43. The highest BCUT2D eigenvalue weighted by Gasteiger charge is 2.41. The number of aryl methyl sites for hydroxylation is 1. The topological polar surface area (TPSA) is 46.8 Å². The van der Waals surface area contributed by atoms with Gasteiger partial charge in [-0.1, -0.05) is 15.9 Å². The van der Waals surface area contributed by atoms with E-state index in [1.807, 2.05) is 17.9 Å². The molecule has 2 aliphatic heterocycles. The van der Waals surface area contributed by atoms with Crippen molar-refractivity contribution in [2.24, 2.45) is 7.05 Å². The Bertz CT molecular complexity index is 611. The van der Waals surface area contributed by atoms with Crippen LogP contribution in [0.5, 0.6) is 0 Å². The molecule has 2 unspecified atom stereocenters. The lowest BCUT2D eigenvalue weighted by Gasteiger charge is -2.38. The van der Waals surface area contributed by atoms with Crippen molar-refractivity contribution in [1.82, 2.24) is 19.7 Å². The van der Waals surface area contributed by atoms with Crippen molar-refractivity contribution < 1.29 is 0 Å². The summed E-state index contributed by atoms with van der Waals surface area (Å²) in [5.41, 5.74) is 0.922. The summed E-state index contributed by atoms with van der Waals surface area (Å²) in [5.74, 6) is 1.07. The number of fused-ring (bicyclic) bond motifs is 3. The standard InChI is InChI=1S/C13H16BrN5/c1-18-12-11(6-17-18)13(16-7-15-12)19-9-2-3-10(19)5-8(14)4-9/h6-10H,2-5H2,1H3. The minimum absolute atomic E-state index is 0.612. The van der Waals surface area contributed by atoms with Gasteiger partial charge in [0, 0.05) is 24.0 Å². The highest BCUT2D eigenvalue weighted by molar-refractivity contribution is 9.09. The summed E-state index contributed by atoms with van der Waals surface area (Å²) in [4.78, 5) is 12.1. The van der Waals surface area contributed by atoms with Crippen LogP contribution in [-0.4, -0.2) is 36.7 Å². The van der Waals surface area contributed by atoms with Crippen molar-refractivity contribution in [2.45, 2.75) is 42.6 Å². The van der Waals surface area contributed by atoms with Gasteiger partial charge in [0.25, 0.3) is 0 Å². The molecule has 100 valence electrons. The third-order valence-corrected chi connectivity index (χ3v) is 5.18. The summed E-state index contributed by atoms with van der Waals surface area (Å²) >= 11 is 3.79. The fourth-order valence-corrected chi connectivity index (χ4v) is 4.47. The largest absolute Gasteiger partial charge is 0.350 e. The Hall–Kier alpha value is -1.17. The second-order valence-corrected chi connectivity index (χ2v) is 6.86. The molecule has 0 N–H and O–H groups in total. The summed E-state index contributed by atoms with van der Waals surface area (Å²) in [7, 11) is 1.93. The maximum Gasteiger partial charge on any atom is 0.163 e. The fourth-order valence-electron chi connectivity index (χ4n) is 3.61. The first-order valence-corrected chi connectivity index (χ1v) is 7.70. The summed E-state index contributed by atoms with van der Waals surface area (Å²) < 4.78 is 1.82. The molecular formula is C13H16BrN5. The van der Waals surface area contributed by atoms with Gasteiger partial charge in [-0.05, 0) is 25.7 Å². The number of rotatable bonds is 1. The van der Waals surface area contributed by atoms with Crippen LogP contribution in [0.1, 0.15) is 25.7 Å². The van der Waals surface area contributed by atoms with Gasteiger partial charge < -0.3 is 4.90 Å². The average molecular weight is 322 g/mol. The zero-order valence-electron chi connectivity index (χ0n) is 10.8. The van der Waals surface area contributed by atoms with Gasteiger partial charge in [-0.15, -0.1) is 0 Å². The van der Waals surface area contributed by atoms with Gasteiger partial charge in [0.2, 0.25) is 0 Å². The van der Waals surface area contributed by atoms with Crippen molar-refractivity contribution in [3.8, 4) is 0 Å². The molecule has 6 heteroatoms. The van der Waals surface area contributed by atoms with Gasteiger partial charge >= 0.3 is 0 Å². The number of halogens is 1. The van der Waals surface area contributed by atoms with E-state index in [9.17, 15) is 0 Å². The molecule has 19 heavy (non-hydrogen) atoms. The fraction of sp³-hybridized carbons (Fsp3) is 0.615. The number of nitrogens with zero attached hydrogens (tertiary/aromatic N) is 5. The molecule has 4 heterocycles. The van der Waals surface area contributed by atoms with Crippen LogP contribution >= 0.6 is 15.9 Å². The Kier molecular flexibility index (Phi) is 2.55. The van der Waals surface area contributed by atoms with Gasteiger partial charge in [0.1, 0.15) is 12.1 Å². The molecule has 2 aliphatic rings. The molecule has 4 rings (SSSR count). The molecule has 0 radical (unpaired) electrons. The van der Waals surface area contributed by atoms with Crippen molar-refractivity contribution in [3.63, 3.8) is 0 Å². The third kappa shape index (κ3) is 1.69. The molecule has 0 saturated carbocycles. The zero-order chi connectivity index (χ0) is 13.0. The first kappa shape index (κ1) is 11.6. The van der Waals surface area contributed by atoms with E-state index in [2.05, 4.69) is 35.9 Å². The molecule has 2 atom stereocenters. The molecule has 2 aromatic heterocycles. The molecule has 2 saturated heterocycles. The molecule has 0 spiro atoms. The molecular weight excluding hydrogens is 306 g/mol. The smallest absolute Gasteiger partial charge is 0.163 e. The molecule has 2 fully saturated rings. The zero-order valence-corrected chi connectivity index (χ0v) is 12.4. The van der Waals surface area contributed by atoms with Crippen molar-refractivity contribution in [2.75, 3.05) is 4.90 Å². The summed E-state index contributed by atoms with van der Waals surface area (Å²) in [6.45, 7) is 0. The van der Waals surface area contributed by atoms with E-state index >= 15 is 0 Å². The number of aromatic nitrogens is 4. The minimum Gasteiger partial charge on any atom is -0.350 e. The molecule has 2 aromatic rings. The van der Waals surface area contributed by atoms with Crippen LogP contribution < -0.4 is 4.90 Å². The summed E-state index contributed by atoms with van der Waals surface area (Å²) in [5, 5.41) is 5.39. The lowest BCUT2D eigenvalue weighted by Crippen LogP contribution is -2.43. The normalized spacial score (nSPS) is 30.2. The lowest BCUT2D eigenvalue weighted by molar-refractivity contribution is 0.480. The van der Waals surface area contributed by atoms with Gasteiger partial charge in [-0.2, -0.15) is 5.10 Å².